The number of amides is 1. The Morgan fingerprint density at radius 1 is 1.37 bits per heavy atom. The maximum Gasteiger partial charge on any atom is 0.243 e. The van der Waals surface area contributed by atoms with Crippen LogP contribution in [-0.4, -0.2) is 37.1 Å². The number of likely N-dealkylation sites (tertiary alicyclic amines) is 1. The molecule has 0 bridgehead atoms. The van der Waals surface area contributed by atoms with E-state index in [1.807, 2.05) is 4.90 Å². The fourth-order valence-electron chi connectivity index (χ4n) is 3.23. The average Bonchev–Trinajstić information content (AvgIpc) is 2.48. The van der Waals surface area contributed by atoms with E-state index in [9.17, 15) is 10.1 Å². The second-order valence-corrected chi connectivity index (χ2v) is 5.83. The lowest BCUT2D eigenvalue weighted by atomic mass is 9.79. The number of piperidine rings is 1. The minimum atomic E-state index is -0.810. The summed E-state index contributed by atoms with van der Waals surface area (Å²) in [7, 11) is 0. The van der Waals surface area contributed by atoms with E-state index in [1.54, 1.807) is 0 Å². The van der Waals surface area contributed by atoms with E-state index in [0.29, 0.717) is 26.1 Å². The summed E-state index contributed by atoms with van der Waals surface area (Å²) >= 11 is 0. The summed E-state index contributed by atoms with van der Waals surface area (Å²) in [5.74, 6) is 0.815. The Balaban J connectivity index is 1.95. The lowest BCUT2D eigenvalue weighted by molar-refractivity contribution is -0.144. The van der Waals surface area contributed by atoms with Gasteiger partial charge in [0.2, 0.25) is 5.91 Å². The summed E-state index contributed by atoms with van der Waals surface area (Å²) in [6.07, 6.45) is 5.78. The van der Waals surface area contributed by atoms with Crippen molar-refractivity contribution >= 4 is 5.91 Å². The standard InChI is InChI=1S/C15H24N2O2/c1-2-3-13-4-8-17(9-5-13)14(18)15(12-16)6-10-19-11-7-15/h13H,2-11H2,1H3. The highest BCUT2D eigenvalue weighted by Crippen LogP contribution is 2.33. The molecule has 0 aliphatic carbocycles. The highest BCUT2D eigenvalue weighted by Gasteiger charge is 2.43. The van der Waals surface area contributed by atoms with Gasteiger partial charge in [-0.05, 0) is 31.6 Å². The summed E-state index contributed by atoms with van der Waals surface area (Å²) in [4.78, 5) is 14.5. The zero-order chi connectivity index (χ0) is 13.7. The van der Waals surface area contributed by atoms with Crippen molar-refractivity contribution in [3.63, 3.8) is 0 Å². The van der Waals surface area contributed by atoms with Crippen molar-refractivity contribution in [1.29, 1.82) is 5.26 Å². The highest BCUT2D eigenvalue weighted by molar-refractivity contribution is 5.85. The fourth-order valence-corrected chi connectivity index (χ4v) is 3.23. The summed E-state index contributed by atoms with van der Waals surface area (Å²) in [6.45, 7) is 4.93. The summed E-state index contributed by atoms with van der Waals surface area (Å²) in [5.41, 5.74) is -0.810. The predicted octanol–water partition coefficient (Wildman–Crippen LogP) is 2.35. The second-order valence-electron chi connectivity index (χ2n) is 5.83. The number of nitriles is 1. The van der Waals surface area contributed by atoms with E-state index in [-0.39, 0.29) is 5.91 Å². The molecule has 0 spiro atoms. The summed E-state index contributed by atoms with van der Waals surface area (Å²) < 4.78 is 5.29. The van der Waals surface area contributed by atoms with Crippen molar-refractivity contribution < 1.29 is 9.53 Å². The van der Waals surface area contributed by atoms with Crippen LogP contribution in [0.1, 0.15) is 45.4 Å². The van der Waals surface area contributed by atoms with Gasteiger partial charge in [-0.1, -0.05) is 19.8 Å². The molecule has 2 rings (SSSR count). The Hall–Kier alpha value is -1.08. The largest absolute Gasteiger partial charge is 0.381 e. The molecule has 2 saturated heterocycles. The Morgan fingerprint density at radius 2 is 2.00 bits per heavy atom. The van der Waals surface area contributed by atoms with E-state index in [2.05, 4.69) is 13.0 Å². The zero-order valence-electron chi connectivity index (χ0n) is 11.9. The van der Waals surface area contributed by atoms with Gasteiger partial charge in [-0.2, -0.15) is 5.26 Å². The Labute approximate surface area is 115 Å². The normalized spacial score (nSPS) is 23.9. The first-order valence-corrected chi connectivity index (χ1v) is 7.50. The topological polar surface area (TPSA) is 53.3 Å². The molecular formula is C15H24N2O2. The smallest absolute Gasteiger partial charge is 0.243 e. The third-order valence-electron chi connectivity index (χ3n) is 4.57. The molecule has 0 aromatic carbocycles. The number of carbonyl (C=O) groups excluding carboxylic acids is 1. The molecule has 2 fully saturated rings. The van der Waals surface area contributed by atoms with E-state index >= 15 is 0 Å². The molecule has 106 valence electrons. The van der Waals surface area contributed by atoms with Crippen molar-refractivity contribution in [2.45, 2.75) is 45.4 Å². The maximum atomic E-state index is 12.6. The van der Waals surface area contributed by atoms with Crippen LogP contribution in [0.4, 0.5) is 0 Å². The maximum absolute atomic E-state index is 12.6. The van der Waals surface area contributed by atoms with Crippen LogP contribution in [0.15, 0.2) is 0 Å². The molecule has 0 radical (unpaired) electrons. The van der Waals surface area contributed by atoms with Gasteiger partial charge < -0.3 is 9.64 Å². The fraction of sp³-hybridized carbons (Fsp3) is 0.867. The van der Waals surface area contributed by atoms with Crippen molar-refractivity contribution in [1.82, 2.24) is 4.90 Å². The molecule has 19 heavy (non-hydrogen) atoms. The van der Waals surface area contributed by atoms with Gasteiger partial charge in [-0.25, -0.2) is 0 Å². The lowest BCUT2D eigenvalue weighted by Crippen LogP contribution is -2.49. The van der Waals surface area contributed by atoms with Crippen molar-refractivity contribution in [2.24, 2.45) is 11.3 Å². The van der Waals surface area contributed by atoms with E-state index < -0.39 is 5.41 Å². The van der Waals surface area contributed by atoms with Gasteiger partial charge in [0.15, 0.2) is 0 Å². The van der Waals surface area contributed by atoms with Gasteiger partial charge >= 0.3 is 0 Å². The zero-order valence-corrected chi connectivity index (χ0v) is 11.9. The van der Waals surface area contributed by atoms with Crippen LogP contribution in [0.3, 0.4) is 0 Å². The van der Waals surface area contributed by atoms with Crippen molar-refractivity contribution in [3.8, 4) is 6.07 Å². The van der Waals surface area contributed by atoms with Crippen LogP contribution in [0.5, 0.6) is 0 Å². The average molecular weight is 264 g/mol. The molecule has 0 saturated carbocycles. The molecule has 4 heteroatoms. The molecule has 0 aromatic heterocycles. The van der Waals surface area contributed by atoms with Gasteiger partial charge in [-0.15, -0.1) is 0 Å². The van der Waals surface area contributed by atoms with E-state index in [1.165, 1.54) is 12.8 Å². The van der Waals surface area contributed by atoms with Crippen LogP contribution in [0.2, 0.25) is 0 Å². The van der Waals surface area contributed by atoms with Crippen LogP contribution >= 0.6 is 0 Å². The molecule has 2 aliphatic heterocycles. The number of ether oxygens (including phenoxy) is 1. The minimum Gasteiger partial charge on any atom is -0.381 e. The molecule has 0 unspecified atom stereocenters. The van der Waals surface area contributed by atoms with Crippen LogP contribution in [0.25, 0.3) is 0 Å². The number of carbonyl (C=O) groups is 1. The molecule has 0 N–H and O–H groups in total. The first kappa shape index (κ1) is 14.3. The first-order valence-electron chi connectivity index (χ1n) is 7.50. The van der Waals surface area contributed by atoms with Crippen LogP contribution < -0.4 is 0 Å². The summed E-state index contributed by atoms with van der Waals surface area (Å²) in [5, 5.41) is 9.43. The number of hydrogen-bond acceptors (Lipinski definition) is 3. The predicted molar refractivity (Wildman–Crippen MR) is 72.3 cm³/mol. The number of rotatable bonds is 3. The number of nitrogens with zero attached hydrogens (tertiary/aromatic N) is 2. The summed E-state index contributed by atoms with van der Waals surface area (Å²) in [6, 6.07) is 2.28. The van der Waals surface area contributed by atoms with Gasteiger partial charge in [0.25, 0.3) is 0 Å². The molecule has 0 aromatic rings. The second kappa shape index (κ2) is 6.38. The third-order valence-corrected chi connectivity index (χ3v) is 4.57. The van der Waals surface area contributed by atoms with Gasteiger partial charge in [0.05, 0.1) is 6.07 Å². The van der Waals surface area contributed by atoms with Crippen LogP contribution in [-0.2, 0) is 9.53 Å². The Morgan fingerprint density at radius 3 is 2.53 bits per heavy atom. The Bertz CT molecular complexity index is 348. The minimum absolute atomic E-state index is 0.0493. The molecule has 1 amide bonds. The molecule has 2 aliphatic rings. The quantitative estimate of drug-likeness (QED) is 0.786. The van der Waals surface area contributed by atoms with Gasteiger partial charge in [-0.3, -0.25) is 4.79 Å². The van der Waals surface area contributed by atoms with Gasteiger partial charge in [0, 0.05) is 26.3 Å². The van der Waals surface area contributed by atoms with E-state index in [0.717, 1.165) is 31.8 Å². The number of hydrogen-bond donors (Lipinski definition) is 0. The molecule has 4 nitrogen and oxygen atoms in total. The monoisotopic (exact) mass is 264 g/mol. The lowest BCUT2D eigenvalue weighted by Gasteiger charge is -2.38. The Kier molecular flexibility index (Phi) is 4.81. The third kappa shape index (κ3) is 3.09. The van der Waals surface area contributed by atoms with Gasteiger partial charge in [0.1, 0.15) is 5.41 Å². The molecule has 0 atom stereocenters. The molecule has 2 heterocycles. The molecular weight excluding hydrogens is 240 g/mol. The van der Waals surface area contributed by atoms with Crippen molar-refractivity contribution in [3.05, 3.63) is 0 Å². The first-order chi connectivity index (χ1) is 9.22. The van der Waals surface area contributed by atoms with E-state index in [4.69, 9.17) is 4.74 Å². The highest BCUT2D eigenvalue weighted by atomic mass is 16.5. The van der Waals surface area contributed by atoms with Crippen LogP contribution in [0, 0.1) is 22.7 Å². The SMILES string of the molecule is CCCC1CCN(C(=O)C2(C#N)CCOCC2)CC1. The van der Waals surface area contributed by atoms with Crippen molar-refractivity contribution in [2.75, 3.05) is 26.3 Å².